The van der Waals surface area contributed by atoms with Crippen LogP contribution in [-0.4, -0.2) is 16.1 Å². The lowest BCUT2D eigenvalue weighted by Crippen LogP contribution is -2.07. The zero-order valence-electron chi connectivity index (χ0n) is 8.05. The van der Waals surface area contributed by atoms with Crippen molar-refractivity contribution >= 4 is 12.0 Å². The van der Waals surface area contributed by atoms with Crippen molar-refractivity contribution in [1.29, 1.82) is 0 Å². The van der Waals surface area contributed by atoms with Crippen LogP contribution in [0.5, 0.6) is 0 Å². The number of carbonyl (C=O) groups is 1. The van der Waals surface area contributed by atoms with E-state index >= 15 is 0 Å². The van der Waals surface area contributed by atoms with Crippen LogP contribution in [0.1, 0.15) is 18.9 Å². The molecule has 0 aromatic carbocycles. The third-order valence-corrected chi connectivity index (χ3v) is 1.91. The number of rotatable bonds is 4. The van der Waals surface area contributed by atoms with Crippen LogP contribution >= 0.6 is 0 Å². The van der Waals surface area contributed by atoms with Crippen molar-refractivity contribution in [1.82, 2.24) is 4.98 Å². The van der Waals surface area contributed by atoms with Crippen LogP contribution in [0.4, 0.5) is 0 Å². The average molecular weight is 191 g/mol. The lowest BCUT2D eigenvalue weighted by atomic mass is 10.1. The van der Waals surface area contributed by atoms with Crippen LogP contribution in [0, 0.1) is 5.92 Å². The molecule has 1 aromatic heterocycles. The van der Waals surface area contributed by atoms with Crippen molar-refractivity contribution in [3.05, 3.63) is 36.2 Å². The first kappa shape index (κ1) is 10.4. The average Bonchev–Trinajstić information content (AvgIpc) is 2.19. The second-order valence-electron chi connectivity index (χ2n) is 3.16. The third kappa shape index (κ3) is 3.39. The number of nitrogens with zero attached hydrogens (tertiary/aromatic N) is 1. The summed E-state index contributed by atoms with van der Waals surface area (Å²) >= 11 is 0. The fraction of sp³-hybridized carbons (Fsp3) is 0.273. The van der Waals surface area contributed by atoms with Crippen molar-refractivity contribution in [2.45, 2.75) is 13.3 Å². The van der Waals surface area contributed by atoms with Gasteiger partial charge in [0.25, 0.3) is 0 Å². The van der Waals surface area contributed by atoms with Gasteiger partial charge in [-0.2, -0.15) is 0 Å². The molecule has 0 bridgehead atoms. The second kappa shape index (κ2) is 5.17. The van der Waals surface area contributed by atoms with Gasteiger partial charge < -0.3 is 5.11 Å². The van der Waals surface area contributed by atoms with Gasteiger partial charge in [-0.1, -0.05) is 25.1 Å². The minimum Gasteiger partial charge on any atom is -0.481 e. The molecule has 3 heteroatoms. The Morgan fingerprint density at radius 1 is 1.71 bits per heavy atom. The van der Waals surface area contributed by atoms with Crippen LogP contribution in [-0.2, 0) is 4.79 Å². The molecule has 0 aliphatic rings. The Balaban J connectivity index is 2.46. The van der Waals surface area contributed by atoms with E-state index in [0.717, 1.165) is 5.56 Å². The van der Waals surface area contributed by atoms with E-state index < -0.39 is 5.97 Å². The SMILES string of the molecule is C[C@H](CC=Cc1cccnc1)C(=O)O. The molecule has 0 amide bonds. The molecule has 0 radical (unpaired) electrons. The highest BCUT2D eigenvalue weighted by atomic mass is 16.4. The minimum absolute atomic E-state index is 0.331. The molecule has 1 aromatic rings. The minimum atomic E-state index is -0.763. The first-order chi connectivity index (χ1) is 6.70. The maximum Gasteiger partial charge on any atom is 0.306 e. The highest BCUT2D eigenvalue weighted by Gasteiger charge is 2.07. The monoisotopic (exact) mass is 191 g/mol. The number of carboxylic acids is 1. The topological polar surface area (TPSA) is 50.2 Å². The van der Waals surface area contributed by atoms with E-state index in [-0.39, 0.29) is 5.92 Å². The van der Waals surface area contributed by atoms with Gasteiger partial charge in [0.15, 0.2) is 0 Å². The highest BCUT2D eigenvalue weighted by molar-refractivity contribution is 5.69. The predicted molar refractivity (Wildman–Crippen MR) is 54.7 cm³/mol. The van der Waals surface area contributed by atoms with E-state index in [1.54, 1.807) is 19.3 Å². The van der Waals surface area contributed by atoms with Crippen LogP contribution < -0.4 is 0 Å². The maximum absolute atomic E-state index is 10.5. The molecule has 0 unspecified atom stereocenters. The third-order valence-electron chi connectivity index (χ3n) is 1.91. The molecule has 0 fully saturated rings. The lowest BCUT2D eigenvalue weighted by molar-refractivity contribution is -0.140. The van der Waals surface area contributed by atoms with Gasteiger partial charge in [0.05, 0.1) is 5.92 Å². The number of hydrogen-bond acceptors (Lipinski definition) is 2. The second-order valence-corrected chi connectivity index (χ2v) is 3.16. The summed E-state index contributed by atoms with van der Waals surface area (Å²) in [6.45, 7) is 1.69. The van der Waals surface area contributed by atoms with Crippen molar-refractivity contribution in [3.8, 4) is 0 Å². The number of aromatic nitrogens is 1. The van der Waals surface area contributed by atoms with Gasteiger partial charge in [0, 0.05) is 12.4 Å². The predicted octanol–water partition coefficient (Wildman–Crippen LogP) is 2.21. The van der Waals surface area contributed by atoms with Crippen LogP contribution in [0.3, 0.4) is 0 Å². The van der Waals surface area contributed by atoms with Crippen LogP contribution in [0.2, 0.25) is 0 Å². The Hall–Kier alpha value is -1.64. The molecule has 74 valence electrons. The Kier molecular flexibility index (Phi) is 3.85. The Labute approximate surface area is 83.1 Å². The normalized spacial score (nSPS) is 12.9. The number of aliphatic carboxylic acids is 1. The summed E-state index contributed by atoms with van der Waals surface area (Å²) in [7, 11) is 0. The van der Waals surface area contributed by atoms with Crippen LogP contribution in [0.15, 0.2) is 30.6 Å². The summed E-state index contributed by atoms with van der Waals surface area (Å²) in [5.41, 5.74) is 0.991. The summed E-state index contributed by atoms with van der Waals surface area (Å²) in [6.07, 6.45) is 7.73. The molecule has 0 aliphatic carbocycles. The van der Waals surface area contributed by atoms with E-state index in [0.29, 0.717) is 6.42 Å². The zero-order valence-corrected chi connectivity index (χ0v) is 8.05. The molecule has 1 heterocycles. The largest absolute Gasteiger partial charge is 0.481 e. The fourth-order valence-corrected chi connectivity index (χ4v) is 0.984. The summed E-state index contributed by atoms with van der Waals surface area (Å²) in [6, 6.07) is 3.77. The van der Waals surface area contributed by atoms with Gasteiger partial charge in [-0.05, 0) is 18.1 Å². The number of pyridine rings is 1. The Morgan fingerprint density at radius 3 is 3.07 bits per heavy atom. The molecule has 1 atom stereocenters. The van der Waals surface area contributed by atoms with Gasteiger partial charge >= 0.3 is 5.97 Å². The van der Waals surface area contributed by atoms with Gasteiger partial charge in [-0.15, -0.1) is 0 Å². The smallest absolute Gasteiger partial charge is 0.306 e. The Morgan fingerprint density at radius 2 is 2.50 bits per heavy atom. The van der Waals surface area contributed by atoms with Crippen molar-refractivity contribution < 1.29 is 9.90 Å². The molecular formula is C11H13NO2. The van der Waals surface area contributed by atoms with Gasteiger partial charge in [-0.3, -0.25) is 9.78 Å². The Bertz CT molecular complexity index is 319. The summed E-state index contributed by atoms with van der Waals surface area (Å²) in [5, 5.41) is 8.63. The summed E-state index contributed by atoms with van der Waals surface area (Å²) in [5.74, 6) is -1.09. The van der Waals surface area contributed by atoms with Gasteiger partial charge in [0.1, 0.15) is 0 Å². The van der Waals surface area contributed by atoms with E-state index in [1.165, 1.54) is 0 Å². The summed E-state index contributed by atoms with van der Waals surface area (Å²) < 4.78 is 0. The van der Waals surface area contributed by atoms with Crippen molar-refractivity contribution in [3.63, 3.8) is 0 Å². The molecule has 14 heavy (non-hydrogen) atoms. The maximum atomic E-state index is 10.5. The van der Waals surface area contributed by atoms with E-state index in [2.05, 4.69) is 4.98 Å². The molecule has 1 N–H and O–H groups in total. The molecule has 0 aliphatic heterocycles. The van der Waals surface area contributed by atoms with Crippen molar-refractivity contribution in [2.75, 3.05) is 0 Å². The molecule has 0 saturated heterocycles. The van der Waals surface area contributed by atoms with E-state index in [9.17, 15) is 4.79 Å². The lowest BCUT2D eigenvalue weighted by Gasteiger charge is -1.99. The summed E-state index contributed by atoms with van der Waals surface area (Å²) in [4.78, 5) is 14.4. The first-order valence-electron chi connectivity index (χ1n) is 4.49. The quantitative estimate of drug-likeness (QED) is 0.793. The first-order valence-corrected chi connectivity index (χ1v) is 4.49. The number of hydrogen-bond donors (Lipinski definition) is 1. The van der Waals surface area contributed by atoms with Crippen LogP contribution in [0.25, 0.3) is 6.08 Å². The molecular weight excluding hydrogens is 178 g/mol. The molecule has 0 saturated carbocycles. The van der Waals surface area contributed by atoms with Gasteiger partial charge in [0.2, 0.25) is 0 Å². The fourth-order valence-electron chi connectivity index (χ4n) is 0.984. The van der Waals surface area contributed by atoms with Gasteiger partial charge in [-0.25, -0.2) is 0 Å². The standard InChI is InChI=1S/C11H13NO2/c1-9(11(13)14)4-2-5-10-6-3-7-12-8-10/h2-3,5-9H,4H2,1H3,(H,13,14)/t9-/m1/s1. The zero-order chi connectivity index (χ0) is 10.4. The highest BCUT2D eigenvalue weighted by Crippen LogP contribution is 2.05. The number of allylic oxidation sites excluding steroid dienone is 1. The number of carboxylic acid groups (broad SMARTS) is 1. The van der Waals surface area contributed by atoms with Crippen molar-refractivity contribution in [2.24, 2.45) is 5.92 Å². The molecule has 3 nitrogen and oxygen atoms in total. The molecule has 1 rings (SSSR count). The van der Waals surface area contributed by atoms with E-state index in [4.69, 9.17) is 5.11 Å². The van der Waals surface area contributed by atoms with E-state index in [1.807, 2.05) is 24.3 Å². The molecule has 0 spiro atoms.